The number of hydrogen-bond acceptors (Lipinski definition) is 1. The van der Waals surface area contributed by atoms with E-state index in [9.17, 15) is 0 Å². The highest BCUT2D eigenvalue weighted by Gasteiger charge is 2.27. The van der Waals surface area contributed by atoms with Crippen LogP contribution in [0.2, 0.25) is 0 Å². The van der Waals surface area contributed by atoms with E-state index in [4.69, 9.17) is 4.74 Å². The normalized spacial score (nSPS) is 13.5. The van der Waals surface area contributed by atoms with Crippen molar-refractivity contribution >= 4 is 0 Å². The molecule has 0 spiro atoms. The van der Waals surface area contributed by atoms with Crippen LogP contribution in [0.5, 0.6) is 0 Å². The van der Waals surface area contributed by atoms with Crippen LogP contribution in [0.4, 0.5) is 0 Å². The minimum atomic E-state index is 0.556. The summed E-state index contributed by atoms with van der Waals surface area (Å²) in [5.74, 6) is 1.39. The fourth-order valence-electron chi connectivity index (χ4n) is 3.40. The lowest BCUT2D eigenvalue weighted by Crippen LogP contribution is -2.27. The van der Waals surface area contributed by atoms with E-state index in [2.05, 4.69) is 92.8 Å². The Bertz CT molecular complexity index is 560. The summed E-state index contributed by atoms with van der Waals surface area (Å²) in [6.07, 6.45) is 11.9. The molecule has 0 amide bonds. The molecule has 1 saturated heterocycles. The van der Waals surface area contributed by atoms with E-state index in [1.165, 1.54) is 36.8 Å². The monoisotopic (exact) mass is 488 g/mol. The molecule has 0 unspecified atom stereocenters. The molecule has 1 nitrogen and oxygen atoms in total. The van der Waals surface area contributed by atoms with Gasteiger partial charge in [-0.15, -0.1) is 0 Å². The molecule has 1 aromatic carbocycles. The van der Waals surface area contributed by atoms with Gasteiger partial charge in [-0.05, 0) is 54.1 Å². The Morgan fingerprint density at radius 2 is 1.37 bits per heavy atom. The third-order valence-corrected chi connectivity index (χ3v) is 5.06. The largest absolute Gasteiger partial charge is 0.381 e. The van der Waals surface area contributed by atoms with Crippen molar-refractivity contribution in [3.05, 3.63) is 72.9 Å². The van der Waals surface area contributed by atoms with Crippen LogP contribution < -0.4 is 0 Å². The number of aryl methyl sites for hydroxylation is 1. The smallest absolute Gasteiger partial charge is 0.0471 e. The van der Waals surface area contributed by atoms with Crippen molar-refractivity contribution < 1.29 is 4.74 Å². The fraction of sp³-hybridized carbons (Fsp3) is 0.647. The average Bonchev–Trinajstić information content (AvgIpc) is 2.86. The molecule has 0 atom stereocenters. The number of benzene rings is 1. The van der Waals surface area contributed by atoms with Gasteiger partial charge in [0.25, 0.3) is 0 Å². The third kappa shape index (κ3) is 28.5. The van der Waals surface area contributed by atoms with Crippen molar-refractivity contribution in [1.29, 1.82) is 0 Å². The lowest BCUT2D eigenvalue weighted by Gasteiger charge is -2.34. The van der Waals surface area contributed by atoms with Gasteiger partial charge < -0.3 is 4.74 Å². The second-order valence-electron chi connectivity index (χ2n) is 9.33. The summed E-state index contributed by atoms with van der Waals surface area (Å²) >= 11 is 0. The van der Waals surface area contributed by atoms with E-state index in [-0.39, 0.29) is 0 Å². The molecule has 1 aromatic rings. The Hall–Kier alpha value is -1.60. The van der Waals surface area contributed by atoms with Crippen LogP contribution in [0.1, 0.15) is 114 Å². The summed E-state index contributed by atoms with van der Waals surface area (Å²) in [4.78, 5) is 0. The summed E-state index contributed by atoms with van der Waals surface area (Å²) in [6, 6.07) is 10.5. The molecule has 1 fully saturated rings. The van der Waals surface area contributed by atoms with Crippen LogP contribution in [0, 0.1) is 17.3 Å². The quantitative estimate of drug-likeness (QED) is 0.362. The molecular weight excluding hydrogens is 424 g/mol. The molecule has 0 radical (unpaired) electrons. The molecule has 0 saturated carbocycles. The van der Waals surface area contributed by atoms with E-state index in [0.717, 1.165) is 25.6 Å². The molecule has 1 aliphatic heterocycles. The highest BCUT2D eigenvalue weighted by Crippen LogP contribution is 2.35. The van der Waals surface area contributed by atoms with Crippen LogP contribution in [-0.4, -0.2) is 13.2 Å². The molecule has 0 N–H and O–H groups in total. The Labute approximate surface area is 223 Å². The molecule has 2 rings (SSSR count). The maximum Gasteiger partial charge on any atom is 0.0471 e. The van der Waals surface area contributed by atoms with Crippen LogP contribution in [0.25, 0.3) is 0 Å². The topological polar surface area (TPSA) is 9.23 Å². The summed E-state index contributed by atoms with van der Waals surface area (Å²) in [7, 11) is 0. The molecular formula is C34H64O. The Morgan fingerprint density at radius 3 is 1.63 bits per heavy atom. The summed E-state index contributed by atoms with van der Waals surface area (Å²) in [6.45, 7) is 34.9. The lowest BCUT2D eigenvalue weighted by molar-refractivity contribution is 0.0140. The minimum absolute atomic E-state index is 0.556. The molecule has 1 aliphatic rings. The van der Waals surface area contributed by atoms with E-state index < -0.39 is 0 Å². The third-order valence-electron chi connectivity index (χ3n) is 5.06. The van der Waals surface area contributed by atoms with Crippen molar-refractivity contribution in [2.24, 2.45) is 17.3 Å². The summed E-state index contributed by atoms with van der Waals surface area (Å²) in [5, 5.41) is 0. The van der Waals surface area contributed by atoms with Crippen molar-refractivity contribution in [2.75, 3.05) is 13.2 Å². The average molecular weight is 489 g/mol. The van der Waals surface area contributed by atoms with Gasteiger partial charge in [0.2, 0.25) is 0 Å². The Morgan fingerprint density at radius 1 is 0.914 bits per heavy atom. The van der Waals surface area contributed by atoms with Gasteiger partial charge in [-0.1, -0.05) is 151 Å². The van der Waals surface area contributed by atoms with Gasteiger partial charge in [-0.3, -0.25) is 0 Å². The van der Waals surface area contributed by atoms with Gasteiger partial charge in [0, 0.05) is 13.2 Å². The zero-order chi connectivity index (χ0) is 28.1. The number of allylic oxidation sites excluding steroid dienone is 4. The van der Waals surface area contributed by atoms with Gasteiger partial charge in [-0.2, -0.15) is 0 Å². The molecule has 0 aromatic heterocycles. The first kappa shape index (κ1) is 40.6. The first-order valence-electron chi connectivity index (χ1n) is 14.3. The highest BCUT2D eigenvalue weighted by molar-refractivity contribution is 5.22. The first-order chi connectivity index (χ1) is 16.7. The van der Waals surface area contributed by atoms with E-state index in [0.29, 0.717) is 11.3 Å². The summed E-state index contributed by atoms with van der Waals surface area (Å²) in [5.41, 5.74) is 3.23. The van der Waals surface area contributed by atoms with Crippen molar-refractivity contribution in [2.45, 2.75) is 115 Å². The number of hydrogen-bond donors (Lipinski definition) is 0. The first-order valence-corrected chi connectivity index (χ1v) is 14.3. The van der Waals surface area contributed by atoms with E-state index in [1.807, 2.05) is 45.9 Å². The second-order valence-corrected chi connectivity index (χ2v) is 9.33. The van der Waals surface area contributed by atoms with Crippen LogP contribution >= 0.6 is 0 Å². The van der Waals surface area contributed by atoms with Gasteiger partial charge >= 0.3 is 0 Å². The standard InChI is InChI=1S/C10H20O.C9H14.C8H10.C3H8.2C2H6/c1-9(2)8-10(3)4-6-11-7-5-10;1-5-7-9(6-2)8(3)4;1-2-8-6-4-3-5-7-8;1-3-2;2*1-2/h9H,4-8H2,1-3H3;5-8H,1-2H2,3-4H3;3-7H,2H2,1H3;3H2,1-2H3;2*1-2H3/b;9-7+;;;;. The maximum absolute atomic E-state index is 5.35. The summed E-state index contributed by atoms with van der Waals surface area (Å²) < 4.78 is 5.35. The highest BCUT2D eigenvalue weighted by atomic mass is 16.5. The molecule has 1 heteroatoms. The minimum Gasteiger partial charge on any atom is -0.381 e. The predicted molar refractivity (Wildman–Crippen MR) is 165 cm³/mol. The number of ether oxygens (including phenoxy) is 1. The predicted octanol–water partition coefficient (Wildman–Crippen LogP) is 11.5. The van der Waals surface area contributed by atoms with E-state index in [1.54, 1.807) is 6.08 Å². The SMILES string of the molecule is C=C/C=C(\C=C)C(C)C.CC.CC.CC(C)CC1(C)CCOCC1.CCC.CCc1ccccc1. The maximum atomic E-state index is 5.35. The zero-order valence-electron chi connectivity index (χ0n) is 26.0. The molecule has 0 bridgehead atoms. The second kappa shape index (κ2) is 30.4. The van der Waals surface area contributed by atoms with Crippen LogP contribution in [-0.2, 0) is 11.2 Å². The molecule has 35 heavy (non-hydrogen) atoms. The fourth-order valence-corrected chi connectivity index (χ4v) is 3.40. The van der Waals surface area contributed by atoms with Gasteiger partial charge in [0.05, 0.1) is 0 Å². The Kier molecular flexibility index (Phi) is 35.3. The van der Waals surface area contributed by atoms with Gasteiger partial charge in [0.1, 0.15) is 0 Å². The zero-order valence-corrected chi connectivity index (χ0v) is 26.0. The van der Waals surface area contributed by atoms with Crippen molar-refractivity contribution in [1.82, 2.24) is 0 Å². The molecule has 0 aliphatic carbocycles. The number of rotatable bonds is 6. The van der Waals surface area contributed by atoms with Gasteiger partial charge in [0.15, 0.2) is 0 Å². The van der Waals surface area contributed by atoms with Crippen molar-refractivity contribution in [3.63, 3.8) is 0 Å². The van der Waals surface area contributed by atoms with Crippen LogP contribution in [0.15, 0.2) is 67.3 Å². The Balaban J connectivity index is -0.000000184. The lowest BCUT2D eigenvalue weighted by atomic mass is 9.76. The van der Waals surface area contributed by atoms with Gasteiger partial charge in [-0.25, -0.2) is 0 Å². The molecule has 206 valence electrons. The van der Waals surface area contributed by atoms with Crippen molar-refractivity contribution in [3.8, 4) is 0 Å². The van der Waals surface area contributed by atoms with E-state index >= 15 is 0 Å². The van der Waals surface area contributed by atoms with Crippen LogP contribution in [0.3, 0.4) is 0 Å². The molecule has 1 heterocycles.